The van der Waals surface area contributed by atoms with Crippen LogP contribution < -0.4 is 10.2 Å². The van der Waals surface area contributed by atoms with Crippen LogP contribution in [0.3, 0.4) is 0 Å². The van der Waals surface area contributed by atoms with Crippen LogP contribution in [0.25, 0.3) is 0 Å². The lowest BCUT2D eigenvalue weighted by Crippen LogP contribution is -2.43. The molecule has 0 aromatic carbocycles. The third-order valence-corrected chi connectivity index (χ3v) is 7.38. The predicted molar refractivity (Wildman–Crippen MR) is 110 cm³/mol. The molecule has 1 aromatic heterocycles. The fraction of sp³-hybridized carbons (Fsp3) is 0.700. The summed E-state index contributed by atoms with van der Waals surface area (Å²) in [6.45, 7) is 9.31. The van der Waals surface area contributed by atoms with Crippen LogP contribution in [0.5, 0.6) is 0 Å². The minimum atomic E-state index is -3.42. The lowest BCUT2D eigenvalue weighted by Gasteiger charge is -2.34. The summed E-state index contributed by atoms with van der Waals surface area (Å²) in [6, 6.07) is 3.47. The van der Waals surface area contributed by atoms with Gasteiger partial charge in [0.1, 0.15) is 10.7 Å². The number of nitrogens with one attached hydrogen (secondary N) is 1. The monoisotopic (exact) mass is 408 g/mol. The van der Waals surface area contributed by atoms with E-state index in [0.29, 0.717) is 25.6 Å². The second-order valence-electron chi connectivity index (χ2n) is 8.88. The van der Waals surface area contributed by atoms with Crippen LogP contribution in [-0.4, -0.2) is 56.3 Å². The second kappa shape index (κ2) is 8.37. The molecule has 1 N–H and O–H groups in total. The lowest BCUT2D eigenvalue weighted by atomic mass is 9.94. The molecular formula is C20H32N4O3S. The first-order valence-electron chi connectivity index (χ1n) is 10.2. The zero-order valence-electron chi connectivity index (χ0n) is 17.1. The molecule has 2 aliphatic rings. The number of piperidine rings is 1. The number of aromatic nitrogens is 1. The molecule has 156 valence electrons. The van der Waals surface area contributed by atoms with Crippen LogP contribution in [0.4, 0.5) is 5.82 Å². The molecule has 0 bridgehead atoms. The summed E-state index contributed by atoms with van der Waals surface area (Å²) in [5, 5.41) is 3.05. The zero-order chi connectivity index (χ0) is 20.4. The van der Waals surface area contributed by atoms with Gasteiger partial charge in [-0.3, -0.25) is 4.79 Å². The molecule has 0 saturated carbocycles. The molecule has 0 aliphatic carbocycles. The highest BCUT2D eigenvalue weighted by Gasteiger charge is 2.28. The molecule has 1 unspecified atom stereocenters. The maximum absolute atomic E-state index is 12.6. The Bertz CT molecular complexity index is 781. The van der Waals surface area contributed by atoms with E-state index in [1.165, 1.54) is 6.20 Å². The standard InChI is InChI=1S/C20H32N4O3S/c1-20(2,3)19(25)22-13-16-7-6-10-23(15-16)18-9-8-17(14-21-18)28(26,27)24-11-4-5-12-24/h8-9,14,16H,4-7,10-13,15H2,1-3H3,(H,22,25). The normalized spacial score (nSPS) is 21.7. The van der Waals surface area contributed by atoms with Crippen LogP contribution in [0.15, 0.2) is 23.2 Å². The van der Waals surface area contributed by atoms with Crippen molar-refractivity contribution >= 4 is 21.7 Å². The molecule has 0 spiro atoms. The highest BCUT2D eigenvalue weighted by Crippen LogP contribution is 2.25. The molecule has 1 atom stereocenters. The van der Waals surface area contributed by atoms with Gasteiger partial charge in [-0.2, -0.15) is 4.31 Å². The van der Waals surface area contributed by atoms with E-state index in [1.807, 2.05) is 20.8 Å². The van der Waals surface area contributed by atoms with Crippen molar-refractivity contribution in [1.82, 2.24) is 14.6 Å². The molecule has 28 heavy (non-hydrogen) atoms. The summed E-state index contributed by atoms with van der Waals surface area (Å²) in [4.78, 5) is 19.0. The minimum absolute atomic E-state index is 0.0687. The zero-order valence-corrected chi connectivity index (χ0v) is 18.0. The van der Waals surface area contributed by atoms with Crippen LogP contribution in [0.1, 0.15) is 46.5 Å². The highest BCUT2D eigenvalue weighted by molar-refractivity contribution is 7.89. The van der Waals surface area contributed by atoms with Gasteiger partial charge in [0.25, 0.3) is 0 Å². The number of carbonyl (C=O) groups is 1. The van der Waals surface area contributed by atoms with E-state index in [1.54, 1.807) is 16.4 Å². The Morgan fingerprint density at radius 3 is 2.50 bits per heavy atom. The van der Waals surface area contributed by atoms with Gasteiger partial charge in [-0.25, -0.2) is 13.4 Å². The van der Waals surface area contributed by atoms with Crippen molar-refractivity contribution in [3.05, 3.63) is 18.3 Å². The van der Waals surface area contributed by atoms with Gasteiger partial charge in [0.2, 0.25) is 15.9 Å². The van der Waals surface area contributed by atoms with Gasteiger partial charge in [0.05, 0.1) is 0 Å². The summed E-state index contributed by atoms with van der Waals surface area (Å²) >= 11 is 0. The molecule has 3 heterocycles. The minimum Gasteiger partial charge on any atom is -0.356 e. The molecule has 7 nitrogen and oxygen atoms in total. The molecule has 2 saturated heterocycles. The molecule has 8 heteroatoms. The molecule has 3 rings (SSSR count). The smallest absolute Gasteiger partial charge is 0.244 e. The molecule has 1 aromatic rings. The Morgan fingerprint density at radius 2 is 1.89 bits per heavy atom. The Kier molecular flexibility index (Phi) is 6.29. The van der Waals surface area contributed by atoms with E-state index in [-0.39, 0.29) is 16.2 Å². The third kappa shape index (κ3) is 4.84. The highest BCUT2D eigenvalue weighted by atomic mass is 32.2. The van der Waals surface area contributed by atoms with Crippen LogP contribution in [-0.2, 0) is 14.8 Å². The summed E-state index contributed by atoms with van der Waals surface area (Å²) in [5.41, 5.74) is -0.382. The number of amides is 1. The van der Waals surface area contributed by atoms with Crippen molar-refractivity contribution < 1.29 is 13.2 Å². The fourth-order valence-corrected chi connectivity index (χ4v) is 5.19. The van der Waals surface area contributed by atoms with Gasteiger partial charge >= 0.3 is 0 Å². The Balaban J connectivity index is 1.61. The summed E-state index contributed by atoms with van der Waals surface area (Å²) in [6.07, 6.45) is 5.43. The molecule has 2 aliphatic heterocycles. The van der Waals surface area contributed by atoms with Gasteiger partial charge < -0.3 is 10.2 Å². The summed E-state index contributed by atoms with van der Waals surface area (Å²) in [5.74, 6) is 1.24. The lowest BCUT2D eigenvalue weighted by molar-refractivity contribution is -0.128. The maximum Gasteiger partial charge on any atom is 0.244 e. The number of sulfonamides is 1. The van der Waals surface area contributed by atoms with Crippen LogP contribution in [0, 0.1) is 11.3 Å². The topological polar surface area (TPSA) is 82.6 Å². The van der Waals surface area contributed by atoms with Crippen LogP contribution >= 0.6 is 0 Å². The van der Waals surface area contributed by atoms with Crippen molar-refractivity contribution in [3.8, 4) is 0 Å². The SMILES string of the molecule is CC(C)(C)C(=O)NCC1CCCN(c2ccc(S(=O)(=O)N3CCCC3)cn2)C1. The number of carbonyl (C=O) groups excluding carboxylic acids is 1. The number of nitrogens with zero attached hydrogens (tertiary/aromatic N) is 3. The van der Waals surface area contributed by atoms with Gasteiger partial charge in [0, 0.05) is 44.3 Å². The third-order valence-electron chi connectivity index (χ3n) is 5.50. The average molecular weight is 409 g/mol. The van der Waals surface area contributed by atoms with Crippen molar-refractivity contribution in [2.24, 2.45) is 11.3 Å². The summed E-state index contributed by atoms with van der Waals surface area (Å²) < 4.78 is 26.8. The van der Waals surface area contributed by atoms with Gasteiger partial charge in [-0.15, -0.1) is 0 Å². The number of pyridine rings is 1. The summed E-state index contributed by atoms with van der Waals surface area (Å²) in [7, 11) is -3.42. The number of hydrogen-bond acceptors (Lipinski definition) is 5. The van der Waals surface area contributed by atoms with Gasteiger partial charge in [0.15, 0.2) is 0 Å². The fourth-order valence-electron chi connectivity index (χ4n) is 3.73. The van der Waals surface area contributed by atoms with Crippen molar-refractivity contribution in [1.29, 1.82) is 0 Å². The molecule has 2 fully saturated rings. The van der Waals surface area contributed by atoms with Crippen molar-refractivity contribution in [3.63, 3.8) is 0 Å². The quantitative estimate of drug-likeness (QED) is 0.808. The van der Waals surface area contributed by atoms with E-state index in [4.69, 9.17) is 0 Å². The molecule has 1 amide bonds. The van der Waals surface area contributed by atoms with E-state index < -0.39 is 10.0 Å². The predicted octanol–water partition coefficient (Wildman–Crippen LogP) is 2.24. The number of rotatable bonds is 5. The first-order chi connectivity index (χ1) is 13.2. The first kappa shape index (κ1) is 21.0. The van der Waals surface area contributed by atoms with E-state index in [0.717, 1.165) is 44.6 Å². The average Bonchev–Trinajstić information content (AvgIpc) is 3.21. The van der Waals surface area contributed by atoms with Crippen molar-refractivity contribution in [2.75, 3.05) is 37.6 Å². The van der Waals surface area contributed by atoms with Crippen LogP contribution in [0.2, 0.25) is 0 Å². The Morgan fingerprint density at radius 1 is 1.18 bits per heavy atom. The molecule has 0 radical (unpaired) electrons. The van der Waals surface area contributed by atoms with E-state index >= 15 is 0 Å². The Hall–Kier alpha value is -1.67. The largest absolute Gasteiger partial charge is 0.356 e. The van der Waals surface area contributed by atoms with Gasteiger partial charge in [-0.1, -0.05) is 20.8 Å². The molecular weight excluding hydrogens is 376 g/mol. The van der Waals surface area contributed by atoms with Gasteiger partial charge in [-0.05, 0) is 43.7 Å². The second-order valence-corrected chi connectivity index (χ2v) is 10.8. The van der Waals surface area contributed by atoms with E-state index in [9.17, 15) is 13.2 Å². The first-order valence-corrected chi connectivity index (χ1v) is 11.6. The Labute approximate surface area is 168 Å². The number of hydrogen-bond donors (Lipinski definition) is 1. The number of anilines is 1. The van der Waals surface area contributed by atoms with E-state index in [2.05, 4.69) is 15.2 Å². The maximum atomic E-state index is 12.6. The van der Waals surface area contributed by atoms with Crippen molar-refractivity contribution in [2.45, 2.75) is 51.3 Å².